The summed E-state index contributed by atoms with van der Waals surface area (Å²) in [7, 11) is 0. The first-order chi connectivity index (χ1) is 11.5. The van der Waals surface area contributed by atoms with E-state index in [-0.39, 0.29) is 11.9 Å². The van der Waals surface area contributed by atoms with E-state index in [1.807, 2.05) is 23.1 Å². The summed E-state index contributed by atoms with van der Waals surface area (Å²) in [5.41, 5.74) is 1.65. The summed E-state index contributed by atoms with van der Waals surface area (Å²) >= 11 is 6.28. The number of carbonyl (C=O) groups excluding carboxylic acids is 1. The molecule has 3 atom stereocenters. The van der Waals surface area contributed by atoms with Crippen molar-refractivity contribution in [2.45, 2.75) is 38.3 Å². The first kappa shape index (κ1) is 15.6. The number of halogens is 1. The normalized spacial score (nSPS) is 28.6. The van der Waals surface area contributed by atoms with E-state index < -0.39 is 0 Å². The van der Waals surface area contributed by atoms with Gasteiger partial charge in [0, 0.05) is 30.9 Å². The van der Waals surface area contributed by atoms with Gasteiger partial charge in [0.2, 0.25) is 0 Å². The summed E-state index contributed by atoms with van der Waals surface area (Å²) in [4.78, 5) is 16.7. The number of urea groups is 1. The lowest BCUT2D eigenvalue weighted by atomic mass is 9.74. The third-order valence-electron chi connectivity index (χ3n) is 5.52. The smallest absolute Gasteiger partial charge is 0.322 e. The van der Waals surface area contributed by atoms with Crippen molar-refractivity contribution in [3.63, 3.8) is 0 Å². The molecule has 1 aliphatic carbocycles. The summed E-state index contributed by atoms with van der Waals surface area (Å²) in [6.07, 6.45) is 3.37. The van der Waals surface area contributed by atoms with Crippen molar-refractivity contribution < 1.29 is 4.79 Å². The largest absolute Gasteiger partial charge is 0.367 e. The van der Waals surface area contributed by atoms with Gasteiger partial charge in [0.1, 0.15) is 0 Å². The van der Waals surface area contributed by atoms with E-state index >= 15 is 0 Å². The highest BCUT2D eigenvalue weighted by Gasteiger charge is 2.46. The fourth-order valence-electron chi connectivity index (χ4n) is 4.26. The Labute approximate surface area is 147 Å². The minimum absolute atomic E-state index is 0.00469. The SMILES string of the molecule is CC1C[C@@H]2C[C@H](C1)N2C(=O)Nc1ccc(Cl)c(N2CC(C#N)C2)c1. The Balaban J connectivity index is 1.44. The van der Waals surface area contributed by atoms with Crippen molar-refractivity contribution in [2.75, 3.05) is 23.3 Å². The van der Waals surface area contributed by atoms with Gasteiger partial charge in [0.05, 0.1) is 22.7 Å². The number of benzene rings is 1. The number of nitrogens with one attached hydrogen (secondary N) is 1. The molecule has 1 aromatic carbocycles. The molecule has 2 amide bonds. The van der Waals surface area contributed by atoms with E-state index in [1.54, 1.807) is 0 Å². The molecule has 1 N–H and O–H groups in total. The van der Waals surface area contributed by atoms with Crippen LogP contribution in [0.5, 0.6) is 0 Å². The van der Waals surface area contributed by atoms with E-state index in [1.165, 1.54) is 0 Å². The summed E-state index contributed by atoms with van der Waals surface area (Å²) < 4.78 is 0. The molecule has 0 aromatic heterocycles. The Morgan fingerprint density at radius 3 is 2.67 bits per heavy atom. The average molecular weight is 345 g/mol. The number of amides is 2. The molecular weight excluding hydrogens is 324 g/mol. The molecule has 1 unspecified atom stereocenters. The Bertz CT molecular complexity index is 697. The van der Waals surface area contributed by atoms with Crippen LogP contribution in [0, 0.1) is 23.2 Å². The lowest BCUT2D eigenvalue weighted by Gasteiger charge is -2.54. The van der Waals surface area contributed by atoms with Crippen molar-refractivity contribution in [1.82, 2.24) is 4.90 Å². The maximum atomic E-state index is 12.6. The molecule has 126 valence electrons. The van der Waals surface area contributed by atoms with Gasteiger partial charge in [-0.1, -0.05) is 18.5 Å². The van der Waals surface area contributed by atoms with Crippen molar-refractivity contribution in [3.05, 3.63) is 23.2 Å². The number of nitriles is 1. The second kappa shape index (κ2) is 5.86. The standard InChI is InChI=1S/C18H21ClN4O/c1-11-4-14-7-15(5-11)23(14)18(24)21-13-2-3-16(19)17(6-13)22-9-12(8-20)10-22/h2-3,6,11-12,14-15H,4-5,7,9-10H2,1H3,(H,21,24)/t11?,14-,15+. The highest BCUT2D eigenvalue weighted by molar-refractivity contribution is 6.33. The predicted octanol–water partition coefficient (Wildman–Crippen LogP) is 3.70. The molecule has 3 aliphatic heterocycles. The number of hydrogen-bond donors (Lipinski definition) is 1. The molecule has 4 fully saturated rings. The van der Waals surface area contributed by atoms with Crippen LogP contribution in [-0.4, -0.2) is 36.1 Å². The van der Waals surface area contributed by atoms with Gasteiger partial charge >= 0.3 is 6.03 Å². The maximum absolute atomic E-state index is 12.6. The molecule has 5 rings (SSSR count). The number of piperidine rings is 1. The minimum Gasteiger partial charge on any atom is -0.367 e. The van der Waals surface area contributed by atoms with Crippen LogP contribution in [-0.2, 0) is 0 Å². The van der Waals surface area contributed by atoms with Crippen LogP contribution in [0.3, 0.4) is 0 Å². The molecule has 1 saturated carbocycles. The van der Waals surface area contributed by atoms with Gasteiger partial charge in [-0.15, -0.1) is 0 Å². The minimum atomic E-state index is -0.00469. The number of carbonyl (C=O) groups is 1. The van der Waals surface area contributed by atoms with Gasteiger partial charge < -0.3 is 15.1 Å². The first-order valence-corrected chi connectivity index (χ1v) is 8.96. The van der Waals surface area contributed by atoms with Crippen LogP contribution in [0.4, 0.5) is 16.2 Å². The molecule has 2 bridgehead atoms. The third-order valence-corrected chi connectivity index (χ3v) is 5.84. The second-order valence-electron chi connectivity index (χ2n) is 7.35. The number of anilines is 2. The Morgan fingerprint density at radius 2 is 2.00 bits per heavy atom. The third kappa shape index (κ3) is 2.59. The van der Waals surface area contributed by atoms with E-state index in [9.17, 15) is 4.79 Å². The molecule has 4 aliphatic rings. The quantitative estimate of drug-likeness (QED) is 0.889. The zero-order valence-electron chi connectivity index (χ0n) is 13.7. The second-order valence-corrected chi connectivity index (χ2v) is 7.76. The van der Waals surface area contributed by atoms with Crippen LogP contribution in [0.2, 0.25) is 5.02 Å². The molecule has 6 heteroatoms. The van der Waals surface area contributed by atoms with E-state index in [2.05, 4.69) is 23.2 Å². The van der Waals surface area contributed by atoms with Crippen molar-refractivity contribution in [1.29, 1.82) is 5.26 Å². The van der Waals surface area contributed by atoms with Gasteiger partial charge in [-0.25, -0.2) is 4.79 Å². The molecule has 24 heavy (non-hydrogen) atoms. The van der Waals surface area contributed by atoms with Crippen LogP contribution in [0.1, 0.15) is 26.2 Å². The van der Waals surface area contributed by atoms with Gasteiger partial charge in [-0.3, -0.25) is 0 Å². The molecular formula is C18H21ClN4O. The lowest BCUT2D eigenvalue weighted by Crippen LogP contribution is -2.63. The predicted molar refractivity (Wildman–Crippen MR) is 94.2 cm³/mol. The summed E-state index contributed by atoms with van der Waals surface area (Å²) in [6, 6.07) is 8.61. The summed E-state index contributed by atoms with van der Waals surface area (Å²) in [5, 5.41) is 12.6. The zero-order chi connectivity index (χ0) is 16.8. The fraction of sp³-hybridized carbons (Fsp3) is 0.556. The zero-order valence-corrected chi connectivity index (χ0v) is 14.5. The summed E-state index contributed by atoms with van der Waals surface area (Å²) in [6.45, 7) is 3.66. The van der Waals surface area contributed by atoms with Crippen LogP contribution < -0.4 is 10.2 Å². The van der Waals surface area contributed by atoms with Gasteiger partial charge in [0.25, 0.3) is 0 Å². The molecule has 0 radical (unpaired) electrons. The first-order valence-electron chi connectivity index (χ1n) is 8.58. The van der Waals surface area contributed by atoms with Crippen LogP contribution in [0.25, 0.3) is 0 Å². The molecule has 3 heterocycles. The van der Waals surface area contributed by atoms with Crippen LogP contribution in [0.15, 0.2) is 18.2 Å². The van der Waals surface area contributed by atoms with E-state index in [4.69, 9.17) is 16.9 Å². The van der Waals surface area contributed by atoms with E-state index in [0.717, 1.165) is 36.6 Å². The number of rotatable bonds is 2. The Morgan fingerprint density at radius 1 is 1.29 bits per heavy atom. The van der Waals surface area contributed by atoms with Crippen LogP contribution >= 0.6 is 11.6 Å². The lowest BCUT2D eigenvalue weighted by molar-refractivity contribution is -0.00600. The Kier molecular flexibility index (Phi) is 3.80. The highest BCUT2D eigenvalue weighted by Crippen LogP contribution is 2.41. The molecule has 3 saturated heterocycles. The van der Waals surface area contributed by atoms with E-state index in [0.29, 0.717) is 30.2 Å². The Hall–Kier alpha value is -1.93. The molecule has 0 spiro atoms. The van der Waals surface area contributed by atoms with Crippen molar-refractivity contribution in [3.8, 4) is 6.07 Å². The van der Waals surface area contributed by atoms with Gasteiger partial charge in [-0.05, 0) is 43.4 Å². The number of fused-ring (bicyclic) bond motifs is 2. The molecule has 5 nitrogen and oxygen atoms in total. The van der Waals surface area contributed by atoms with Gasteiger partial charge in [0.15, 0.2) is 0 Å². The molecule has 1 aromatic rings. The topological polar surface area (TPSA) is 59.4 Å². The monoisotopic (exact) mass is 344 g/mol. The van der Waals surface area contributed by atoms with Gasteiger partial charge in [-0.2, -0.15) is 5.26 Å². The highest BCUT2D eigenvalue weighted by atomic mass is 35.5. The summed E-state index contributed by atoms with van der Waals surface area (Å²) in [5.74, 6) is 0.793. The maximum Gasteiger partial charge on any atom is 0.322 e. The fourth-order valence-corrected chi connectivity index (χ4v) is 4.49. The van der Waals surface area contributed by atoms with Crippen molar-refractivity contribution in [2.24, 2.45) is 11.8 Å². The number of nitrogens with zero attached hydrogens (tertiary/aromatic N) is 3. The van der Waals surface area contributed by atoms with Crippen molar-refractivity contribution >= 4 is 29.0 Å². The number of hydrogen-bond acceptors (Lipinski definition) is 3. The average Bonchev–Trinajstić information content (AvgIpc) is 2.48.